The maximum absolute atomic E-state index is 6.67. The molecular formula is C44H31N5. The zero-order valence-electron chi connectivity index (χ0n) is 26.7. The van der Waals surface area contributed by atoms with Gasteiger partial charge in [-0.3, -0.25) is 0 Å². The Bertz CT molecular complexity index is 2660. The van der Waals surface area contributed by atoms with Crippen molar-refractivity contribution in [2.45, 2.75) is 6.54 Å². The molecule has 1 aliphatic rings. The third kappa shape index (κ3) is 4.16. The Kier molecular flexibility index (Phi) is 6.02. The van der Waals surface area contributed by atoms with Gasteiger partial charge >= 0.3 is 0 Å². The Labute approximate surface area is 283 Å². The predicted octanol–water partition coefficient (Wildman–Crippen LogP) is 10.6. The van der Waals surface area contributed by atoms with E-state index in [0.29, 0.717) is 6.54 Å². The summed E-state index contributed by atoms with van der Waals surface area (Å²) in [4.78, 5) is 7.85. The number of nitrogens with two attached hydrogens (primary N) is 1. The van der Waals surface area contributed by atoms with Gasteiger partial charge in [0.05, 0.1) is 51.4 Å². The van der Waals surface area contributed by atoms with E-state index >= 15 is 0 Å². The van der Waals surface area contributed by atoms with Gasteiger partial charge in [-0.2, -0.15) is 0 Å². The van der Waals surface area contributed by atoms with Crippen molar-refractivity contribution in [1.29, 1.82) is 0 Å². The number of benzene rings is 7. The van der Waals surface area contributed by atoms with E-state index in [9.17, 15) is 0 Å². The van der Waals surface area contributed by atoms with Crippen molar-refractivity contribution in [2.24, 2.45) is 4.99 Å². The standard InChI is InChI=1S/C44H31N5/c45-36-20-8-13-25-41(36)47-28-30-26-31(48-37-21-9-4-16-32(37)33-17-5-10-22-38(33)48)27-42(43(30)46-44(47)29-14-2-1-3-15-29)49-39-23-11-6-18-34(39)35-19-7-12-24-40(35)49/h1-27H,28,45H2. The van der Waals surface area contributed by atoms with E-state index < -0.39 is 0 Å². The highest BCUT2D eigenvalue weighted by molar-refractivity contribution is 6.15. The molecule has 0 saturated heterocycles. The second kappa shape index (κ2) is 10.7. The summed E-state index contributed by atoms with van der Waals surface area (Å²) < 4.78 is 4.81. The largest absolute Gasteiger partial charge is 0.397 e. The fourth-order valence-electron chi connectivity index (χ4n) is 7.75. The van der Waals surface area contributed by atoms with Gasteiger partial charge in [0.1, 0.15) is 5.84 Å². The molecule has 0 amide bonds. The molecule has 3 heterocycles. The van der Waals surface area contributed by atoms with Gasteiger partial charge < -0.3 is 19.8 Å². The monoisotopic (exact) mass is 629 g/mol. The molecule has 0 fully saturated rings. The van der Waals surface area contributed by atoms with E-state index in [-0.39, 0.29) is 0 Å². The molecule has 232 valence electrons. The zero-order chi connectivity index (χ0) is 32.5. The second-order valence-corrected chi connectivity index (χ2v) is 12.7. The highest BCUT2D eigenvalue weighted by atomic mass is 15.2. The molecule has 5 heteroatoms. The first-order valence-corrected chi connectivity index (χ1v) is 16.6. The van der Waals surface area contributed by atoms with E-state index in [0.717, 1.165) is 56.4 Å². The van der Waals surface area contributed by atoms with Gasteiger partial charge in [0.2, 0.25) is 0 Å². The van der Waals surface area contributed by atoms with Crippen LogP contribution in [0, 0.1) is 0 Å². The number of para-hydroxylation sites is 6. The Morgan fingerprint density at radius 3 is 1.53 bits per heavy atom. The maximum atomic E-state index is 6.67. The lowest BCUT2D eigenvalue weighted by molar-refractivity contribution is 0.964. The fourth-order valence-corrected chi connectivity index (χ4v) is 7.75. The molecule has 10 rings (SSSR count). The molecule has 7 aromatic carbocycles. The van der Waals surface area contributed by atoms with Crippen LogP contribution in [0.2, 0.25) is 0 Å². The number of fused-ring (bicyclic) bond motifs is 7. The number of hydrogen-bond donors (Lipinski definition) is 1. The minimum absolute atomic E-state index is 0.604. The number of hydrogen-bond acceptors (Lipinski definition) is 3. The SMILES string of the molecule is Nc1ccccc1N1Cc2cc(-n3c4ccccc4c4ccccc43)cc(-n3c4ccccc4c4ccccc43)c2N=C1c1ccccc1. The van der Waals surface area contributed by atoms with Gasteiger partial charge in [-0.25, -0.2) is 4.99 Å². The number of nitrogens with zero attached hydrogens (tertiary/aromatic N) is 4. The molecule has 0 bridgehead atoms. The molecule has 9 aromatic rings. The van der Waals surface area contributed by atoms with E-state index in [1.165, 1.54) is 32.6 Å². The van der Waals surface area contributed by atoms with Gasteiger partial charge in [-0.05, 0) is 48.5 Å². The van der Waals surface area contributed by atoms with Crippen molar-refractivity contribution in [1.82, 2.24) is 9.13 Å². The summed E-state index contributed by atoms with van der Waals surface area (Å²) in [7, 11) is 0. The number of rotatable bonds is 4. The summed E-state index contributed by atoms with van der Waals surface area (Å²) in [6.45, 7) is 0.604. The zero-order valence-corrected chi connectivity index (χ0v) is 26.7. The molecule has 2 N–H and O–H groups in total. The normalized spacial score (nSPS) is 13.0. The molecule has 0 unspecified atom stereocenters. The van der Waals surface area contributed by atoms with Crippen molar-refractivity contribution in [3.63, 3.8) is 0 Å². The van der Waals surface area contributed by atoms with Crippen LogP contribution in [-0.4, -0.2) is 15.0 Å². The second-order valence-electron chi connectivity index (χ2n) is 12.7. The van der Waals surface area contributed by atoms with E-state index in [2.05, 4.69) is 154 Å². The molecule has 0 spiro atoms. The van der Waals surface area contributed by atoms with Crippen molar-refractivity contribution in [2.75, 3.05) is 10.6 Å². The Balaban J connectivity index is 1.34. The first-order valence-electron chi connectivity index (χ1n) is 16.6. The quantitative estimate of drug-likeness (QED) is 0.197. The van der Waals surface area contributed by atoms with E-state index in [1.54, 1.807) is 0 Å². The number of aliphatic imine (C=N–C) groups is 1. The highest BCUT2D eigenvalue weighted by Gasteiger charge is 2.28. The Hall–Kier alpha value is -6.59. The van der Waals surface area contributed by atoms with Crippen molar-refractivity contribution in [3.05, 3.63) is 175 Å². The van der Waals surface area contributed by atoms with Crippen LogP contribution in [0.15, 0.2) is 169 Å². The van der Waals surface area contributed by atoms with Gasteiger partial charge in [0, 0.05) is 38.4 Å². The van der Waals surface area contributed by atoms with Crippen LogP contribution >= 0.6 is 0 Å². The van der Waals surface area contributed by atoms with E-state index in [1.807, 2.05) is 24.3 Å². The van der Waals surface area contributed by atoms with Crippen LogP contribution < -0.4 is 10.6 Å². The molecule has 1 aliphatic heterocycles. The van der Waals surface area contributed by atoms with Crippen LogP contribution in [0.1, 0.15) is 11.1 Å². The van der Waals surface area contributed by atoms with Crippen LogP contribution in [-0.2, 0) is 6.54 Å². The molecule has 49 heavy (non-hydrogen) atoms. The summed E-state index contributed by atoms with van der Waals surface area (Å²) in [5.74, 6) is 0.873. The number of amidine groups is 1. The van der Waals surface area contributed by atoms with Gasteiger partial charge in [-0.15, -0.1) is 0 Å². The van der Waals surface area contributed by atoms with Crippen molar-refractivity contribution < 1.29 is 0 Å². The summed E-state index contributed by atoms with van der Waals surface area (Å²) in [6.07, 6.45) is 0. The fraction of sp³-hybridized carbons (Fsp3) is 0.0227. The summed E-state index contributed by atoms with van der Waals surface area (Å²) in [5, 5.41) is 4.90. The van der Waals surface area contributed by atoms with Crippen LogP contribution in [0.5, 0.6) is 0 Å². The third-order valence-electron chi connectivity index (χ3n) is 9.87. The summed E-state index contributed by atoms with van der Waals surface area (Å²) in [5.41, 5.74) is 18.2. The minimum Gasteiger partial charge on any atom is -0.397 e. The molecule has 0 radical (unpaired) electrons. The van der Waals surface area contributed by atoms with Crippen LogP contribution in [0.3, 0.4) is 0 Å². The lowest BCUT2D eigenvalue weighted by Gasteiger charge is -2.33. The van der Waals surface area contributed by atoms with Crippen molar-refractivity contribution >= 4 is 66.5 Å². The molecule has 0 aliphatic carbocycles. The first kappa shape index (κ1) is 27.5. The smallest absolute Gasteiger partial charge is 0.141 e. The number of nitrogen functional groups attached to an aromatic ring is 1. The molecular weight excluding hydrogens is 599 g/mol. The topological polar surface area (TPSA) is 51.5 Å². The average Bonchev–Trinajstić information content (AvgIpc) is 3.68. The number of anilines is 2. The van der Waals surface area contributed by atoms with Crippen molar-refractivity contribution in [3.8, 4) is 11.4 Å². The van der Waals surface area contributed by atoms with E-state index in [4.69, 9.17) is 10.7 Å². The molecule has 0 saturated carbocycles. The molecule has 5 nitrogen and oxygen atoms in total. The Morgan fingerprint density at radius 1 is 0.469 bits per heavy atom. The minimum atomic E-state index is 0.604. The highest BCUT2D eigenvalue weighted by Crippen LogP contribution is 2.43. The van der Waals surface area contributed by atoms with Crippen LogP contribution in [0.4, 0.5) is 17.1 Å². The molecule has 0 atom stereocenters. The molecule has 2 aromatic heterocycles. The van der Waals surface area contributed by atoms with Gasteiger partial charge in [0.15, 0.2) is 0 Å². The summed E-state index contributed by atoms with van der Waals surface area (Å²) in [6, 6.07) is 57.9. The van der Waals surface area contributed by atoms with Crippen LogP contribution in [0.25, 0.3) is 55.0 Å². The lowest BCUT2D eigenvalue weighted by Crippen LogP contribution is -2.34. The first-order chi connectivity index (χ1) is 24.2. The summed E-state index contributed by atoms with van der Waals surface area (Å²) >= 11 is 0. The average molecular weight is 630 g/mol. The number of aromatic nitrogens is 2. The lowest BCUT2D eigenvalue weighted by atomic mass is 10.0. The third-order valence-corrected chi connectivity index (χ3v) is 9.87. The van der Waals surface area contributed by atoms with Gasteiger partial charge in [-0.1, -0.05) is 115 Å². The Morgan fingerprint density at radius 2 is 0.959 bits per heavy atom. The predicted molar refractivity (Wildman–Crippen MR) is 205 cm³/mol. The van der Waals surface area contributed by atoms with Gasteiger partial charge in [0.25, 0.3) is 0 Å². The maximum Gasteiger partial charge on any atom is 0.141 e.